The molecule has 0 saturated heterocycles. The van der Waals surface area contributed by atoms with Gasteiger partial charge in [0.25, 0.3) is 0 Å². The molecular weight excluding hydrogens is 326 g/mol. The summed E-state index contributed by atoms with van der Waals surface area (Å²) >= 11 is 6.00. The van der Waals surface area contributed by atoms with E-state index in [4.69, 9.17) is 16.9 Å². The van der Waals surface area contributed by atoms with Crippen molar-refractivity contribution in [1.29, 1.82) is 5.26 Å². The van der Waals surface area contributed by atoms with E-state index in [2.05, 4.69) is 11.4 Å². The lowest BCUT2D eigenvalue weighted by atomic mass is 10.1. The van der Waals surface area contributed by atoms with Crippen molar-refractivity contribution in [2.75, 3.05) is 16.8 Å². The maximum Gasteiger partial charge on any atom is 0.226 e. The highest BCUT2D eigenvalue weighted by Crippen LogP contribution is 2.22. The van der Waals surface area contributed by atoms with Crippen molar-refractivity contribution in [3.63, 3.8) is 0 Å². The van der Waals surface area contributed by atoms with Crippen molar-refractivity contribution in [2.45, 2.75) is 13.3 Å². The SMILES string of the molecule is CC(=O)N(CCC(=O)Nc1ccccc1Cl)c1ccccc1C#N. The predicted molar refractivity (Wildman–Crippen MR) is 93.9 cm³/mol. The van der Waals surface area contributed by atoms with E-state index in [9.17, 15) is 9.59 Å². The molecule has 0 spiro atoms. The molecule has 0 heterocycles. The third-order valence-corrected chi connectivity index (χ3v) is 3.74. The van der Waals surface area contributed by atoms with Crippen LogP contribution >= 0.6 is 11.6 Å². The fourth-order valence-corrected chi connectivity index (χ4v) is 2.42. The number of rotatable bonds is 5. The van der Waals surface area contributed by atoms with Gasteiger partial charge in [-0.15, -0.1) is 0 Å². The minimum Gasteiger partial charge on any atom is -0.325 e. The lowest BCUT2D eigenvalue weighted by Crippen LogP contribution is -2.32. The van der Waals surface area contributed by atoms with Gasteiger partial charge >= 0.3 is 0 Å². The highest BCUT2D eigenvalue weighted by Gasteiger charge is 2.16. The van der Waals surface area contributed by atoms with E-state index in [0.29, 0.717) is 22.0 Å². The van der Waals surface area contributed by atoms with Crippen LogP contribution in [0.2, 0.25) is 5.02 Å². The van der Waals surface area contributed by atoms with Crippen LogP contribution in [0.5, 0.6) is 0 Å². The van der Waals surface area contributed by atoms with Gasteiger partial charge in [-0.25, -0.2) is 0 Å². The molecule has 0 fully saturated rings. The van der Waals surface area contributed by atoms with Gasteiger partial charge in [0.2, 0.25) is 11.8 Å². The molecular formula is C18H16ClN3O2. The van der Waals surface area contributed by atoms with E-state index in [1.54, 1.807) is 48.5 Å². The Morgan fingerprint density at radius 3 is 2.50 bits per heavy atom. The quantitative estimate of drug-likeness (QED) is 0.903. The number of benzene rings is 2. The summed E-state index contributed by atoms with van der Waals surface area (Å²) in [7, 11) is 0. The van der Waals surface area contributed by atoms with E-state index in [1.807, 2.05) is 0 Å². The van der Waals surface area contributed by atoms with E-state index in [-0.39, 0.29) is 24.8 Å². The van der Waals surface area contributed by atoms with Gasteiger partial charge in [-0.3, -0.25) is 9.59 Å². The Hall–Kier alpha value is -2.84. The largest absolute Gasteiger partial charge is 0.325 e. The highest BCUT2D eigenvalue weighted by molar-refractivity contribution is 6.33. The van der Waals surface area contributed by atoms with Crippen molar-refractivity contribution >= 4 is 34.8 Å². The lowest BCUT2D eigenvalue weighted by Gasteiger charge is -2.22. The van der Waals surface area contributed by atoms with Crippen LogP contribution in [-0.2, 0) is 9.59 Å². The molecule has 0 bridgehead atoms. The van der Waals surface area contributed by atoms with Crippen molar-refractivity contribution in [3.8, 4) is 6.07 Å². The predicted octanol–water partition coefficient (Wildman–Crippen LogP) is 3.59. The number of nitrogens with one attached hydrogen (secondary N) is 1. The summed E-state index contributed by atoms with van der Waals surface area (Å²) in [4.78, 5) is 25.4. The Kier molecular flexibility index (Phi) is 5.94. The number of carbonyl (C=O) groups is 2. The van der Waals surface area contributed by atoms with E-state index in [1.165, 1.54) is 11.8 Å². The molecule has 122 valence electrons. The molecule has 5 nitrogen and oxygen atoms in total. The van der Waals surface area contributed by atoms with Gasteiger partial charge < -0.3 is 10.2 Å². The monoisotopic (exact) mass is 341 g/mol. The standard InChI is InChI=1S/C18H16ClN3O2/c1-13(23)22(17-9-5-2-6-14(17)12-20)11-10-18(24)21-16-8-4-3-7-15(16)19/h2-9H,10-11H2,1H3,(H,21,24). The number of hydrogen-bond donors (Lipinski definition) is 1. The van der Waals surface area contributed by atoms with Gasteiger partial charge in [0.15, 0.2) is 0 Å². The van der Waals surface area contributed by atoms with Crippen LogP contribution in [0.25, 0.3) is 0 Å². The first-order chi connectivity index (χ1) is 11.5. The van der Waals surface area contributed by atoms with Crippen LogP contribution in [0.15, 0.2) is 48.5 Å². The van der Waals surface area contributed by atoms with Crippen molar-refractivity contribution in [1.82, 2.24) is 0 Å². The van der Waals surface area contributed by atoms with Crippen molar-refractivity contribution in [3.05, 3.63) is 59.1 Å². The second-order valence-corrected chi connectivity index (χ2v) is 5.48. The second-order valence-electron chi connectivity index (χ2n) is 5.08. The molecule has 1 N–H and O–H groups in total. The van der Waals surface area contributed by atoms with E-state index >= 15 is 0 Å². The minimum atomic E-state index is -0.260. The summed E-state index contributed by atoms with van der Waals surface area (Å²) in [5.74, 6) is -0.493. The topological polar surface area (TPSA) is 73.2 Å². The fraction of sp³-hybridized carbons (Fsp3) is 0.167. The summed E-state index contributed by atoms with van der Waals surface area (Å²) in [6.45, 7) is 1.57. The number of nitrogens with zero attached hydrogens (tertiary/aromatic N) is 2. The maximum absolute atomic E-state index is 12.1. The highest BCUT2D eigenvalue weighted by atomic mass is 35.5. The molecule has 0 radical (unpaired) electrons. The summed E-state index contributed by atoms with van der Waals surface area (Å²) < 4.78 is 0. The number of halogens is 1. The van der Waals surface area contributed by atoms with Crippen LogP contribution in [-0.4, -0.2) is 18.4 Å². The molecule has 0 aromatic heterocycles. The van der Waals surface area contributed by atoms with Crippen LogP contribution in [0.4, 0.5) is 11.4 Å². The van der Waals surface area contributed by atoms with Crippen LogP contribution < -0.4 is 10.2 Å². The first kappa shape index (κ1) is 17.5. The molecule has 2 aromatic carbocycles. The first-order valence-electron chi connectivity index (χ1n) is 7.34. The molecule has 0 unspecified atom stereocenters. The summed E-state index contributed by atoms with van der Waals surface area (Å²) in [5, 5.41) is 12.3. The number of para-hydroxylation sites is 2. The molecule has 0 aliphatic heterocycles. The van der Waals surface area contributed by atoms with Gasteiger partial charge in [0.1, 0.15) is 6.07 Å². The molecule has 6 heteroatoms. The fourth-order valence-electron chi connectivity index (χ4n) is 2.24. The van der Waals surface area contributed by atoms with E-state index < -0.39 is 0 Å². The van der Waals surface area contributed by atoms with Gasteiger partial charge in [-0.2, -0.15) is 5.26 Å². The third kappa shape index (κ3) is 4.34. The molecule has 2 rings (SSSR count). The number of nitriles is 1. The Bertz CT molecular complexity index is 799. The molecule has 0 saturated carbocycles. The maximum atomic E-state index is 12.1. The molecule has 0 atom stereocenters. The van der Waals surface area contributed by atoms with Crippen LogP contribution in [0.1, 0.15) is 18.9 Å². The Morgan fingerprint density at radius 2 is 1.83 bits per heavy atom. The zero-order chi connectivity index (χ0) is 17.5. The van der Waals surface area contributed by atoms with Gasteiger partial charge in [-0.05, 0) is 24.3 Å². The van der Waals surface area contributed by atoms with Crippen LogP contribution in [0, 0.1) is 11.3 Å². The Labute approximate surface area is 145 Å². The van der Waals surface area contributed by atoms with Gasteiger partial charge in [0, 0.05) is 19.9 Å². The molecule has 2 aromatic rings. The normalized spacial score (nSPS) is 9.88. The van der Waals surface area contributed by atoms with Crippen molar-refractivity contribution < 1.29 is 9.59 Å². The second kappa shape index (κ2) is 8.14. The molecule has 2 amide bonds. The minimum absolute atomic E-state index is 0.0879. The molecule has 24 heavy (non-hydrogen) atoms. The third-order valence-electron chi connectivity index (χ3n) is 3.41. The van der Waals surface area contributed by atoms with Gasteiger partial charge in [-0.1, -0.05) is 35.9 Å². The number of anilines is 2. The Balaban J connectivity index is 2.07. The smallest absolute Gasteiger partial charge is 0.226 e. The zero-order valence-electron chi connectivity index (χ0n) is 13.1. The summed E-state index contributed by atoms with van der Waals surface area (Å²) in [6, 6.07) is 15.8. The van der Waals surface area contributed by atoms with Gasteiger partial charge in [0.05, 0.1) is 22.0 Å². The summed E-state index contributed by atoms with van der Waals surface area (Å²) in [5.41, 5.74) is 1.41. The zero-order valence-corrected chi connectivity index (χ0v) is 13.9. The first-order valence-corrected chi connectivity index (χ1v) is 7.72. The van der Waals surface area contributed by atoms with Crippen molar-refractivity contribution in [2.24, 2.45) is 0 Å². The summed E-state index contributed by atoms with van der Waals surface area (Å²) in [6.07, 6.45) is 0.0879. The number of hydrogen-bond acceptors (Lipinski definition) is 3. The molecule has 0 aliphatic carbocycles. The average Bonchev–Trinajstić information content (AvgIpc) is 2.57. The lowest BCUT2D eigenvalue weighted by molar-refractivity contribution is -0.117. The van der Waals surface area contributed by atoms with E-state index in [0.717, 1.165) is 0 Å². The average molecular weight is 342 g/mol. The Morgan fingerprint density at radius 1 is 1.17 bits per heavy atom. The van der Waals surface area contributed by atoms with Crippen LogP contribution in [0.3, 0.4) is 0 Å². The number of amides is 2. The number of carbonyl (C=O) groups excluding carboxylic acids is 2. The molecule has 0 aliphatic rings.